The number of anilines is 1. The van der Waals surface area contributed by atoms with Gasteiger partial charge in [-0.1, -0.05) is 48.5 Å². The minimum Gasteiger partial charge on any atom is -0.370 e. The Hall–Kier alpha value is -2.85. The van der Waals surface area contributed by atoms with Gasteiger partial charge in [-0.2, -0.15) is 0 Å². The van der Waals surface area contributed by atoms with Crippen molar-refractivity contribution < 1.29 is 4.79 Å². The fourth-order valence-electron chi connectivity index (χ4n) is 4.80. The smallest absolute Gasteiger partial charge is 0.252 e. The quantitative estimate of drug-likeness (QED) is 0.670. The number of likely N-dealkylation sites (N-methyl/N-ethyl adjacent to an activating group) is 1. The molecule has 4 heteroatoms. The second-order valence-electron chi connectivity index (χ2n) is 8.78. The Balaban J connectivity index is 1.42. The third-order valence-electron chi connectivity index (χ3n) is 6.84. The molecule has 2 aliphatic rings. The molecule has 30 heavy (non-hydrogen) atoms. The van der Waals surface area contributed by atoms with E-state index in [1.807, 2.05) is 14.0 Å². The molecule has 0 aromatic heterocycles. The van der Waals surface area contributed by atoms with Crippen molar-refractivity contribution in [2.45, 2.75) is 37.8 Å². The minimum absolute atomic E-state index is 0.0316. The summed E-state index contributed by atoms with van der Waals surface area (Å²) in [6.45, 7) is 4.03. The first-order chi connectivity index (χ1) is 14.6. The first-order valence-corrected chi connectivity index (χ1v) is 10.9. The molecule has 1 aliphatic carbocycles. The molecule has 3 aromatic rings. The van der Waals surface area contributed by atoms with E-state index in [0.29, 0.717) is 6.04 Å². The maximum Gasteiger partial charge on any atom is 0.252 e. The molecule has 1 unspecified atom stereocenters. The van der Waals surface area contributed by atoms with E-state index in [-0.39, 0.29) is 11.4 Å². The predicted octanol–water partition coefficient (Wildman–Crippen LogP) is 4.37. The zero-order valence-electron chi connectivity index (χ0n) is 17.7. The standard InChI is InChI=1S/C26H29N3O/c1-18-10-11-21(29-15-12-20(17-29)27-2)16-23(18)25(30)28-26(13-14-26)24-9-5-7-19-6-3-4-8-22(19)24/h3-11,16,20,27H,12-15,17H2,1-2H3,(H,28,30). The lowest BCUT2D eigenvalue weighted by Crippen LogP contribution is -2.35. The topological polar surface area (TPSA) is 44.4 Å². The highest BCUT2D eigenvalue weighted by molar-refractivity contribution is 5.98. The van der Waals surface area contributed by atoms with Crippen molar-refractivity contribution in [2.75, 3.05) is 25.0 Å². The second kappa shape index (κ2) is 7.44. The summed E-state index contributed by atoms with van der Waals surface area (Å²) in [5.41, 5.74) is 3.93. The van der Waals surface area contributed by atoms with E-state index in [1.165, 1.54) is 16.3 Å². The van der Waals surface area contributed by atoms with Gasteiger partial charge < -0.3 is 15.5 Å². The van der Waals surface area contributed by atoms with E-state index in [9.17, 15) is 4.79 Å². The van der Waals surface area contributed by atoms with E-state index >= 15 is 0 Å². The average molecular weight is 400 g/mol. The Morgan fingerprint density at radius 1 is 1.07 bits per heavy atom. The SMILES string of the molecule is CNC1CCN(c2ccc(C)c(C(=O)NC3(c4cccc5ccccc45)CC3)c2)C1. The van der Waals surface area contributed by atoms with Crippen molar-refractivity contribution in [1.82, 2.24) is 10.6 Å². The fraction of sp³-hybridized carbons (Fsp3) is 0.346. The van der Waals surface area contributed by atoms with Crippen molar-refractivity contribution >= 4 is 22.4 Å². The summed E-state index contributed by atoms with van der Waals surface area (Å²) >= 11 is 0. The van der Waals surface area contributed by atoms with Crippen LogP contribution in [-0.2, 0) is 5.54 Å². The van der Waals surface area contributed by atoms with Crippen LogP contribution in [0.3, 0.4) is 0 Å². The van der Waals surface area contributed by atoms with E-state index in [1.54, 1.807) is 0 Å². The first-order valence-electron chi connectivity index (χ1n) is 10.9. The average Bonchev–Trinajstić information content (AvgIpc) is 3.38. The van der Waals surface area contributed by atoms with Gasteiger partial charge in [-0.3, -0.25) is 4.79 Å². The highest BCUT2D eigenvalue weighted by Gasteiger charge is 2.46. The third-order valence-corrected chi connectivity index (χ3v) is 6.84. The molecule has 1 atom stereocenters. The lowest BCUT2D eigenvalue weighted by Gasteiger charge is -2.23. The number of carbonyl (C=O) groups is 1. The Kier molecular flexibility index (Phi) is 4.75. The number of hydrogen-bond donors (Lipinski definition) is 2. The van der Waals surface area contributed by atoms with Crippen LogP contribution in [-0.4, -0.2) is 32.1 Å². The van der Waals surface area contributed by atoms with Gasteiger partial charge in [0.2, 0.25) is 0 Å². The summed E-state index contributed by atoms with van der Waals surface area (Å²) < 4.78 is 0. The molecule has 5 rings (SSSR count). The van der Waals surface area contributed by atoms with Crippen LogP contribution in [0.5, 0.6) is 0 Å². The minimum atomic E-state index is -0.245. The number of carbonyl (C=O) groups excluding carboxylic acids is 1. The molecule has 154 valence electrons. The molecule has 1 saturated heterocycles. The Bertz CT molecular complexity index is 1100. The summed E-state index contributed by atoms with van der Waals surface area (Å²) in [6, 6.07) is 21.7. The zero-order valence-corrected chi connectivity index (χ0v) is 17.7. The van der Waals surface area contributed by atoms with Gasteiger partial charge in [0.25, 0.3) is 5.91 Å². The maximum absolute atomic E-state index is 13.4. The van der Waals surface area contributed by atoms with Gasteiger partial charge in [-0.25, -0.2) is 0 Å². The maximum atomic E-state index is 13.4. The summed E-state index contributed by atoms with van der Waals surface area (Å²) in [7, 11) is 2.02. The molecule has 1 aliphatic heterocycles. The Morgan fingerprint density at radius 2 is 1.87 bits per heavy atom. The number of hydrogen-bond acceptors (Lipinski definition) is 3. The molecule has 1 saturated carbocycles. The number of nitrogens with zero attached hydrogens (tertiary/aromatic N) is 1. The summed E-state index contributed by atoms with van der Waals surface area (Å²) in [4.78, 5) is 15.7. The van der Waals surface area contributed by atoms with Crippen molar-refractivity contribution in [1.29, 1.82) is 0 Å². The third kappa shape index (κ3) is 3.35. The van der Waals surface area contributed by atoms with E-state index in [0.717, 1.165) is 49.2 Å². The van der Waals surface area contributed by atoms with E-state index in [2.05, 4.69) is 76.2 Å². The number of nitrogens with one attached hydrogen (secondary N) is 2. The molecule has 2 fully saturated rings. The van der Waals surface area contributed by atoms with Crippen LogP contribution in [0.1, 0.15) is 40.7 Å². The first kappa shape index (κ1) is 19.1. The van der Waals surface area contributed by atoms with E-state index in [4.69, 9.17) is 0 Å². The molecule has 4 nitrogen and oxygen atoms in total. The number of rotatable bonds is 5. The van der Waals surface area contributed by atoms with E-state index < -0.39 is 0 Å². The lowest BCUT2D eigenvalue weighted by atomic mass is 9.96. The van der Waals surface area contributed by atoms with Crippen molar-refractivity contribution in [3.8, 4) is 0 Å². The van der Waals surface area contributed by atoms with Gasteiger partial charge in [-0.15, -0.1) is 0 Å². The zero-order chi connectivity index (χ0) is 20.7. The number of amides is 1. The summed E-state index contributed by atoms with van der Waals surface area (Å²) in [5.74, 6) is 0.0316. The highest BCUT2D eigenvalue weighted by Crippen LogP contribution is 2.48. The molecule has 0 bridgehead atoms. The predicted molar refractivity (Wildman–Crippen MR) is 123 cm³/mol. The molecule has 3 aromatic carbocycles. The van der Waals surface area contributed by atoms with Crippen LogP contribution in [0.2, 0.25) is 0 Å². The van der Waals surface area contributed by atoms with Gasteiger partial charge in [0, 0.05) is 30.4 Å². The molecule has 1 amide bonds. The lowest BCUT2D eigenvalue weighted by molar-refractivity contribution is 0.0930. The molecule has 0 radical (unpaired) electrons. The van der Waals surface area contributed by atoms with Crippen LogP contribution in [0.4, 0.5) is 5.69 Å². The van der Waals surface area contributed by atoms with Gasteiger partial charge in [-0.05, 0) is 67.3 Å². The van der Waals surface area contributed by atoms with Crippen molar-refractivity contribution in [3.63, 3.8) is 0 Å². The largest absolute Gasteiger partial charge is 0.370 e. The van der Waals surface area contributed by atoms with Gasteiger partial charge in [0.1, 0.15) is 0 Å². The molecule has 0 spiro atoms. The highest BCUT2D eigenvalue weighted by atomic mass is 16.1. The second-order valence-corrected chi connectivity index (χ2v) is 8.78. The number of fused-ring (bicyclic) bond motifs is 1. The van der Waals surface area contributed by atoms with Crippen molar-refractivity contribution in [2.24, 2.45) is 0 Å². The molecular weight excluding hydrogens is 370 g/mol. The van der Waals surface area contributed by atoms with Crippen LogP contribution in [0.25, 0.3) is 10.8 Å². The Labute approximate surface area is 178 Å². The van der Waals surface area contributed by atoms with Crippen LogP contribution >= 0.6 is 0 Å². The van der Waals surface area contributed by atoms with Crippen molar-refractivity contribution in [3.05, 3.63) is 77.4 Å². The summed E-state index contributed by atoms with van der Waals surface area (Å²) in [5, 5.41) is 9.22. The number of aryl methyl sites for hydroxylation is 1. The summed E-state index contributed by atoms with van der Waals surface area (Å²) in [6.07, 6.45) is 3.11. The van der Waals surface area contributed by atoms with Crippen LogP contribution < -0.4 is 15.5 Å². The van der Waals surface area contributed by atoms with Crippen LogP contribution in [0.15, 0.2) is 60.7 Å². The number of benzene rings is 3. The Morgan fingerprint density at radius 3 is 2.63 bits per heavy atom. The molecule has 2 N–H and O–H groups in total. The van der Waals surface area contributed by atoms with Gasteiger partial charge in [0.05, 0.1) is 5.54 Å². The monoisotopic (exact) mass is 399 g/mol. The van der Waals surface area contributed by atoms with Gasteiger partial charge >= 0.3 is 0 Å². The molecule has 1 heterocycles. The molecular formula is C26H29N3O. The van der Waals surface area contributed by atoms with Crippen LogP contribution in [0, 0.1) is 6.92 Å². The normalized spacial score (nSPS) is 19.8. The van der Waals surface area contributed by atoms with Gasteiger partial charge in [0.15, 0.2) is 0 Å². The fourth-order valence-corrected chi connectivity index (χ4v) is 4.80.